The molecule has 3 rings (SSSR count). The Kier molecular flexibility index (Phi) is 4.96. The fourth-order valence-corrected chi connectivity index (χ4v) is 3.03. The number of aromatic nitrogens is 3. The summed E-state index contributed by atoms with van der Waals surface area (Å²) in [5.74, 6) is 1.28. The Labute approximate surface area is 140 Å². The van der Waals surface area contributed by atoms with Crippen LogP contribution in [0.4, 0.5) is 0 Å². The molecule has 2 atom stereocenters. The molecule has 0 bridgehead atoms. The summed E-state index contributed by atoms with van der Waals surface area (Å²) >= 11 is 0. The fourth-order valence-electron chi connectivity index (χ4n) is 3.03. The standard InChI is InChI=1S/C16H23N5O3/c1-4-21-7-8-23-12(13(21)14-17-5-6-20(14)3)10-18-15(22)16-19-9-11(2)24-16/h5-6,9,12-13H,4,7-8,10H2,1-3H3,(H,18,22)/t12-,13+/m0/s1. The molecule has 0 spiro atoms. The number of likely N-dealkylation sites (N-methyl/N-ethyl adjacent to an activating group) is 1. The maximum Gasteiger partial charge on any atom is 0.307 e. The summed E-state index contributed by atoms with van der Waals surface area (Å²) in [5.41, 5.74) is 0. The Bertz CT molecular complexity index is 695. The van der Waals surface area contributed by atoms with Gasteiger partial charge in [-0.15, -0.1) is 0 Å². The van der Waals surface area contributed by atoms with Crippen LogP contribution in [0.1, 0.15) is 35.2 Å². The van der Waals surface area contributed by atoms with Crippen LogP contribution < -0.4 is 5.32 Å². The summed E-state index contributed by atoms with van der Waals surface area (Å²) in [6.07, 6.45) is 5.05. The van der Waals surface area contributed by atoms with Crippen molar-refractivity contribution in [1.82, 2.24) is 24.8 Å². The van der Waals surface area contributed by atoms with Gasteiger partial charge in [-0.2, -0.15) is 0 Å². The van der Waals surface area contributed by atoms with Crippen LogP contribution in [0.25, 0.3) is 0 Å². The van der Waals surface area contributed by atoms with E-state index < -0.39 is 0 Å². The van der Waals surface area contributed by atoms with E-state index in [2.05, 4.69) is 27.1 Å². The Balaban J connectivity index is 1.72. The van der Waals surface area contributed by atoms with Gasteiger partial charge in [0.25, 0.3) is 5.89 Å². The molecular formula is C16H23N5O3. The molecule has 1 saturated heterocycles. The van der Waals surface area contributed by atoms with E-state index in [1.54, 1.807) is 13.1 Å². The molecule has 0 saturated carbocycles. The predicted octanol–water partition coefficient (Wildman–Crippen LogP) is 0.908. The molecule has 1 aliphatic rings. The van der Waals surface area contributed by atoms with E-state index in [0.717, 1.165) is 18.9 Å². The molecule has 2 aromatic heterocycles. The highest BCUT2D eigenvalue weighted by Gasteiger charge is 2.35. The Morgan fingerprint density at radius 1 is 1.46 bits per heavy atom. The highest BCUT2D eigenvalue weighted by Crippen LogP contribution is 2.27. The van der Waals surface area contributed by atoms with Crippen molar-refractivity contribution in [2.75, 3.05) is 26.2 Å². The fraction of sp³-hybridized carbons (Fsp3) is 0.562. The summed E-state index contributed by atoms with van der Waals surface area (Å²) < 4.78 is 13.2. The van der Waals surface area contributed by atoms with Crippen LogP contribution in [0.2, 0.25) is 0 Å². The smallest absolute Gasteiger partial charge is 0.307 e. The second-order valence-electron chi connectivity index (χ2n) is 5.87. The van der Waals surface area contributed by atoms with Gasteiger partial charge in [0.1, 0.15) is 11.6 Å². The van der Waals surface area contributed by atoms with E-state index in [0.29, 0.717) is 18.9 Å². The lowest BCUT2D eigenvalue weighted by Crippen LogP contribution is -2.50. The van der Waals surface area contributed by atoms with Gasteiger partial charge >= 0.3 is 5.91 Å². The third-order valence-electron chi connectivity index (χ3n) is 4.26. The quantitative estimate of drug-likeness (QED) is 0.875. The topological polar surface area (TPSA) is 85.4 Å². The number of rotatable bonds is 5. The van der Waals surface area contributed by atoms with E-state index in [9.17, 15) is 4.79 Å². The SMILES string of the molecule is CCN1CCO[C@@H](CNC(=O)c2ncc(C)o2)[C@@H]1c1nccn1C. The normalized spacial score (nSPS) is 21.8. The zero-order chi connectivity index (χ0) is 17.1. The molecule has 0 aliphatic carbocycles. The minimum atomic E-state index is -0.334. The molecule has 8 nitrogen and oxygen atoms in total. The molecule has 2 aromatic rings. The van der Waals surface area contributed by atoms with Gasteiger partial charge in [0.2, 0.25) is 0 Å². The number of ether oxygens (including phenoxy) is 1. The number of aryl methyl sites for hydroxylation is 2. The Morgan fingerprint density at radius 3 is 2.92 bits per heavy atom. The molecule has 0 unspecified atom stereocenters. The van der Waals surface area contributed by atoms with Crippen molar-refractivity contribution in [1.29, 1.82) is 0 Å². The highest BCUT2D eigenvalue weighted by molar-refractivity contribution is 5.89. The first-order valence-electron chi connectivity index (χ1n) is 8.13. The van der Waals surface area contributed by atoms with Crippen molar-refractivity contribution in [3.05, 3.63) is 36.1 Å². The summed E-state index contributed by atoms with van der Waals surface area (Å²) in [6, 6.07) is -0.00431. The Morgan fingerprint density at radius 2 is 2.29 bits per heavy atom. The number of nitrogens with zero attached hydrogens (tertiary/aromatic N) is 4. The minimum absolute atomic E-state index is 0.00431. The molecule has 3 heterocycles. The van der Waals surface area contributed by atoms with Crippen LogP contribution in [0, 0.1) is 6.92 Å². The van der Waals surface area contributed by atoms with Gasteiger partial charge in [-0.05, 0) is 13.5 Å². The maximum absolute atomic E-state index is 12.2. The van der Waals surface area contributed by atoms with E-state index in [1.165, 1.54) is 6.20 Å². The molecule has 8 heteroatoms. The lowest BCUT2D eigenvalue weighted by Gasteiger charge is -2.40. The summed E-state index contributed by atoms with van der Waals surface area (Å²) in [7, 11) is 1.97. The first kappa shape index (κ1) is 16.7. The van der Waals surface area contributed by atoms with Crippen molar-refractivity contribution in [3.8, 4) is 0 Å². The average molecular weight is 333 g/mol. The van der Waals surface area contributed by atoms with E-state index in [-0.39, 0.29) is 23.9 Å². The molecular weight excluding hydrogens is 310 g/mol. The molecule has 1 fully saturated rings. The molecule has 130 valence electrons. The van der Waals surface area contributed by atoms with Crippen LogP contribution in [0.15, 0.2) is 23.0 Å². The van der Waals surface area contributed by atoms with Gasteiger partial charge < -0.3 is 19.0 Å². The van der Waals surface area contributed by atoms with Gasteiger partial charge in [-0.25, -0.2) is 9.97 Å². The number of carbonyl (C=O) groups is 1. The van der Waals surface area contributed by atoms with Crippen molar-refractivity contribution in [2.45, 2.75) is 26.0 Å². The first-order valence-corrected chi connectivity index (χ1v) is 8.13. The molecule has 0 aromatic carbocycles. The van der Waals surface area contributed by atoms with Crippen LogP contribution in [0.3, 0.4) is 0 Å². The molecule has 0 radical (unpaired) electrons. The highest BCUT2D eigenvalue weighted by atomic mass is 16.5. The van der Waals surface area contributed by atoms with Gasteiger partial charge in [-0.3, -0.25) is 9.69 Å². The monoisotopic (exact) mass is 333 g/mol. The summed E-state index contributed by atoms with van der Waals surface area (Å²) in [4.78, 5) is 22.9. The zero-order valence-electron chi connectivity index (χ0n) is 14.2. The molecule has 24 heavy (non-hydrogen) atoms. The van der Waals surface area contributed by atoms with Crippen molar-refractivity contribution < 1.29 is 13.9 Å². The van der Waals surface area contributed by atoms with E-state index >= 15 is 0 Å². The van der Waals surface area contributed by atoms with Gasteiger partial charge in [-0.1, -0.05) is 6.92 Å². The van der Waals surface area contributed by atoms with Gasteiger partial charge in [0.05, 0.1) is 24.9 Å². The van der Waals surface area contributed by atoms with E-state index in [1.807, 2.05) is 17.8 Å². The van der Waals surface area contributed by atoms with Crippen LogP contribution in [-0.4, -0.2) is 57.7 Å². The second kappa shape index (κ2) is 7.14. The van der Waals surface area contributed by atoms with Crippen LogP contribution >= 0.6 is 0 Å². The van der Waals surface area contributed by atoms with Gasteiger partial charge in [0.15, 0.2) is 0 Å². The zero-order valence-corrected chi connectivity index (χ0v) is 14.2. The Hall–Kier alpha value is -2.19. The van der Waals surface area contributed by atoms with Crippen LogP contribution in [-0.2, 0) is 11.8 Å². The lowest BCUT2D eigenvalue weighted by atomic mass is 10.1. The second-order valence-corrected chi connectivity index (χ2v) is 5.87. The largest absolute Gasteiger partial charge is 0.438 e. The molecule has 1 N–H and O–H groups in total. The number of amides is 1. The maximum atomic E-state index is 12.2. The number of hydrogen-bond acceptors (Lipinski definition) is 6. The van der Waals surface area contributed by atoms with E-state index in [4.69, 9.17) is 9.15 Å². The molecule has 1 amide bonds. The number of imidazole rings is 1. The number of nitrogens with one attached hydrogen (secondary N) is 1. The number of carbonyl (C=O) groups excluding carboxylic acids is 1. The van der Waals surface area contributed by atoms with Gasteiger partial charge in [0, 0.05) is 32.5 Å². The molecule has 1 aliphatic heterocycles. The minimum Gasteiger partial charge on any atom is -0.438 e. The summed E-state index contributed by atoms with van der Waals surface area (Å²) in [5, 5.41) is 2.85. The van der Waals surface area contributed by atoms with Crippen molar-refractivity contribution in [3.63, 3.8) is 0 Å². The predicted molar refractivity (Wildman–Crippen MR) is 86.5 cm³/mol. The van der Waals surface area contributed by atoms with Crippen molar-refractivity contribution >= 4 is 5.91 Å². The van der Waals surface area contributed by atoms with Crippen LogP contribution in [0.5, 0.6) is 0 Å². The number of hydrogen-bond donors (Lipinski definition) is 1. The number of oxazole rings is 1. The number of morpholine rings is 1. The van der Waals surface area contributed by atoms with Crippen molar-refractivity contribution in [2.24, 2.45) is 7.05 Å². The average Bonchev–Trinajstić information content (AvgIpc) is 3.20. The first-order chi connectivity index (χ1) is 11.6. The summed E-state index contributed by atoms with van der Waals surface area (Å²) in [6.45, 7) is 6.61. The third-order valence-corrected chi connectivity index (χ3v) is 4.26. The lowest BCUT2D eigenvalue weighted by molar-refractivity contribution is -0.0720. The third kappa shape index (κ3) is 3.34.